The number of fused-ring (bicyclic) bond motifs is 3. The molecule has 4 aromatic rings. The molecule has 0 saturated carbocycles. The summed E-state index contributed by atoms with van der Waals surface area (Å²) in [6.07, 6.45) is 0. The van der Waals surface area contributed by atoms with E-state index in [1.165, 1.54) is 27.1 Å². The predicted octanol–water partition coefficient (Wildman–Crippen LogP) is 8.03. The van der Waals surface area contributed by atoms with E-state index in [1.807, 2.05) is 26.8 Å². The quantitative estimate of drug-likeness (QED) is 0.220. The average molecular weight is 510 g/mol. The van der Waals surface area contributed by atoms with Gasteiger partial charge in [-0.3, -0.25) is 0 Å². The average Bonchev–Trinajstić information content (AvgIpc) is 3.01. The fraction of sp³-hybridized carbons (Fsp3) is 0.321. The SMILES string of the molecule is CC(C)(C)c1ccc([O-])c(C(C)(C)C)c1Cl.Cc1cc2c(ccc3ccccc32)[cH-]1.[Zr+2]. The molecule has 1 nitrogen and oxygen atoms in total. The number of rotatable bonds is 0. The second-order valence-electron chi connectivity index (χ2n) is 10.1. The molecule has 0 heterocycles. The van der Waals surface area contributed by atoms with Gasteiger partial charge >= 0.3 is 26.2 Å². The summed E-state index contributed by atoms with van der Waals surface area (Å²) in [5, 5.41) is 17.9. The molecule has 0 amide bonds. The van der Waals surface area contributed by atoms with Crippen molar-refractivity contribution in [3.05, 3.63) is 82.4 Å². The van der Waals surface area contributed by atoms with Crippen molar-refractivity contribution in [3.63, 3.8) is 0 Å². The molecule has 160 valence electrons. The van der Waals surface area contributed by atoms with E-state index in [1.54, 1.807) is 6.07 Å². The number of hydrogen-bond donors (Lipinski definition) is 0. The van der Waals surface area contributed by atoms with Crippen LogP contribution in [0.2, 0.25) is 5.02 Å². The van der Waals surface area contributed by atoms with Gasteiger partial charge in [0.25, 0.3) is 0 Å². The van der Waals surface area contributed by atoms with Crippen LogP contribution in [0.5, 0.6) is 5.75 Å². The molecule has 0 N–H and O–H groups in total. The third-order valence-electron chi connectivity index (χ3n) is 5.42. The van der Waals surface area contributed by atoms with Gasteiger partial charge in [0.05, 0.1) is 0 Å². The molecule has 0 aromatic heterocycles. The van der Waals surface area contributed by atoms with Crippen LogP contribution in [0, 0.1) is 6.92 Å². The van der Waals surface area contributed by atoms with Crippen LogP contribution in [-0.2, 0) is 37.0 Å². The summed E-state index contributed by atoms with van der Waals surface area (Å²) in [5.74, 6) is 0.0329. The number of hydrogen-bond acceptors (Lipinski definition) is 1. The van der Waals surface area contributed by atoms with E-state index in [4.69, 9.17) is 11.6 Å². The first-order chi connectivity index (χ1) is 13.9. The van der Waals surface area contributed by atoms with Gasteiger partial charge in [0, 0.05) is 5.02 Å². The fourth-order valence-electron chi connectivity index (χ4n) is 3.95. The zero-order chi connectivity index (χ0) is 22.3. The van der Waals surface area contributed by atoms with Crippen LogP contribution in [-0.4, -0.2) is 0 Å². The summed E-state index contributed by atoms with van der Waals surface area (Å²) >= 11 is 6.38. The maximum absolute atomic E-state index is 11.9. The van der Waals surface area contributed by atoms with Crippen LogP contribution in [0.15, 0.2) is 60.7 Å². The minimum atomic E-state index is -0.213. The molecule has 0 spiro atoms. The minimum Gasteiger partial charge on any atom is -0.872 e. The van der Waals surface area contributed by atoms with Gasteiger partial charge in [-0.1, -0.05) is 108 Å². The van der Waals surface area contributed by atoms with Crippen molar-refractivity contribution in [3.8, 4) is 5.75 Å². The van der Waals surface area contributed by atoms with Gasteiger partial charge in [0.15, 0.2) is 0 Å². The molecule has 31 heavy (non-hydrogen) atoms. The maximum atomic E-state index is 11.9. The summed E-state index contributed by atoms with van der Waals surface area (Å²) in [7, 11) is 0. The summed E-state index contributed by atoms with van der Waals surface area (Å²) in [6, 6.07) is 20.9. The summed E-state index contributed by atoms with van der Waals surface area (Å²) in [4.78, 5) is 0. The first-order valence-electron chi connectivity index (χ1n) is 10.4. The number of aryl methyl sites for hydroxylation is 1. The molecule has 0 bridgehead atoms. The van der Waals surface area contributed by atoms with E-state index < -0.39 is 0 Å². The van der Waals surface area contributed by atoms with Crippen molar-refractivity contribution in [2.45, 2.75) is 59.3 Å². The van der Waals surface area contributed by atoms with Gasteiger partial charge in [0.1, 0.15) is 0 Å². The molecule has 0 saturated heterocycles. The Morgan fingerprint density at radius 2 is 1.45 bits per heavy atom. The van der Waals surface area contributed by atoms with Crippen LogP contribution >= 0.6 is 11.6 Å². The van der Waals surface area contributed by atoms with Crippen LogP contribution in [0.3, 0.4) is 0 Å². The van der Waals surface area contributed by atoms with E-state index in [2.05, 4.69) is 76.2 Å². The molecule has 0 radical (unpaired) electrons. The third kappa shape index (κ3) is 5.65. The molecule has 0 aliphatic heterocycles. The van der Waals surface area contributed by atoms with Gasteiger partial charge in [-0.15, -0.1) is 34.2 Å². The Hall–Kier alpha value is -1.50. The zero-order valence-electron chi connectivity index (χ0n) is 19.6. The van der Waals surface area contributed by atoms with E-state index >= 15 is 0 Å². The van der Waals surface area contributed by atoms with E-state index in [9.17, 15) is 5.11 Å². The molecular weight excluding hydrogens is 479 g/mol. The van der Waals surface area contributed by atoms with Crippen molar-refractivity contribution < 1.29 is 31.3 Å². The molecule has 0 fully saturated rings. The molecule has 3 heteroatoms. The van der Waals surface area contributed by atoms with Gasteiger partial charge in [-0.05, 0) is 27.3 Å². The van der Waals surface area contributed by atoms with E-state index in [0.717, 1.165) is 11.1 Å². The summed E-state index contributed by atoms with van der Waals surface area (Å²) in [6.45, 7) is 14.5. The largest absolute Gasteiger partial charge is 2.00 e. The first kappa shape index (κ1) is 25.8. The predicted molar refractivity (Wildman–Crippen MR) is 130 cm³/mol. The summed E-state index contributed by atoms with van der Waals surface area (Å²) in [5.41, 5.74) is 2.86. The van der Waals surface area contributed by atoms with Crippen molar-refractivity contribution >= 4 is 33.1 Å². The normalized spacial score (nSPS) is 11.7. The topological polar surface area (TPSA) is 23.1 Å². The Labute approximate surface area is 210 Å². The van der Waals surface area contributed by atoms with E-state index in [0.29, 0.717) is 5.02 Å². The van der Waals surface area contributed by atoms with Gasteiger partial charge in [-0.2, -0.15) is 6.07 Å². The Bertz CT molecular complexity index is 1190. The van der Waals surface area contributed by atoms with Crippen LogP contribution in [0.4, 0.5) is 0 Å². The molecule has 0 aliphatic rings. The number of halogens is 1. The second-order valence-corrected chi connectivity index (χ2v) is 10.5. The molecule has 0 unspecified atom stereocenters. The van der Waals surface area contributed by atoms with Crippen LogP contribution in [0.25, 0.3) is 21.5 Å². The monoisotopic (exact) mass is 508 g/mol. The minimum absolute atomic E-state index is 0. The second kappa shape index (κ2) is 9.55. The molecule has 0 aliphatic carbocycles. The fourth-order valence-corrected chi connectivity index (χ4v) is 4.67. The Morgan fingerprint density at radius 3 is 2.06 bits per heavy atom. The Balaban J connectivity index is 0.000000214. The van der Waals surface area contributed by atoms with Crippen LogP contribution < -0.4 is 5.11 Å². The van der Waals surface area contributed by atoms with Gasteiger partial charge in [-0.25, -0.2) is 0 Å². The van der Waals surface area contributed by atoms with Crippen molar-refractivity contribution in [2.75, 3.05) is 0 Å². The first-order valence-corrected chi connectivity index (χ1v) is 10.8. The maximum Gasteiger partial charge on any atom is 2.00 e. The van der Waals surface area contributed by atoms with Crippen LogP contribution in [0.1, 0.15) is 58.2 Å². The Kier molecular flexibility index (Phi) is 7.94. The standard InChI is InChI=1S/C14H21ClO.C14H11.Zr/c1-13(2,3)9-7-8-10(16)11(12(9)15)14(4,5)6;1-10-8-12-7-6-11-4-2-3-5-13(11)14(12)9-10;/h7-8,16H,1-6H3;2-9H,1H3;/q;-1;+2/p-1. The zero-order valence-corrected chi connectivity index (χ0v) is 22.8. The van der Waals surface area contributed by atoms with E-state index in [-0.39, 0.29) is 42.8 Å². The number of benzene rings is 3. The molecular formula is C28H31ClOZr. The van der Waals surface area contributed by atoms with Gasteiger partial charge < -0.3 is 5.11 Å². The molecule has 4 rings (SSSR count). The van der Waals surface area contributed by atoms with Crippen molar-refractivity contribution in [1.29, 1.82) is 0 Å². The van der Waals surface area contributed by atoms with Gasteiger partial charge in [0.2, 0.25) is 0 Å². The smallest absolute Gasteiger partial charge is 0.872 e. The Morgan fingerprint density at radius 1 is 0.806 bits per heavy atom. The van der Waals surface area contributed by atoms with Crippen molar-refractivity contribution in [1.82, 2.24) is 0 Å². The summed E-state index contributed by atoms with van der Waals surface area (Å²) < 4.78 is 0. The van der Waals surface area contributed by atoms with Crippen molar-refractivity contribution in [2.24, 2.45) is 0 Å². The molecule has 4 aromatic carbocycles. The molecule has 0 atom stereocenters. The third-order valence-corrected chi connectivity index (χ3v) is 5.81.